The fourth-order valence-electron chi connectivity index (χ4n) is 3.73. The molecule has 0 aliphatic rings. The summed E-state index contributed by atoms with van der Waals surface area (Å²) in [5.74, 6) is -1.72. The number of hydrogen-bond acceptors (Lipinski definition) is 5. The minimum absolute atomic E-state index is 0.0727. The van der Waals surface area contributed by atoms with Crippen LogP contribution in [0, 0.1) is 11.8 Å². The first-order valence-electron chi connectivity index (χ1n) is 12.4. The highest BCUT2D eigenvalue weighted by molar-refractivity contribution is 5.90. The lowest BCUT2D eigenvalue weighted by Gasteiger charge is -2.30. The second kappa shape index (κ2) is 18.5. The van der Waals surface area contributed by atoms with E-state index >= 15 is 0 Å². The van der Waals surface area contributed by atoms with Crippen LogP contribution >= 0.6 is 0 Å². The van der Waals surface area contributed by atoms with Gasteiger partial charge in [0.15, 0.2) is 0 Å². The number of carbonyl (C=O) groups excluding carboxylic acids is 2. The molecule has 1 aromatic rings. The largest absolute Gasteiger partial charge is 0.480 e. The minimum Gasteiger partial charge on any atom is -0.480 e. The zero-order valence-electron chi connectivity index (χ0n) is 22.8. The number of rotatable bonds is 16. The van der Waals surface area contributed by atoms with Gasteiger partial charge in [-0.25, -0.2) is 0 Å². The average molecular weight is 525 g/mol. The number of carbonyl (C=O) groups is 3. The third-order valence-electron chi connectivity index (χ3n) is 5.70. The number of carboxylic acid groups (broad SMARTS) is 1. The molecule has 0 saturated carbocycles. The Morgan fingerprint density at radius 1 is 0.974 bits per heavy atom. The first-order valence-corrected chi connectivity index (χ1v) is 12.4. The Morgan fingerprint density at radius 2 is 1.68 bits per heavy atom. The molecule has 38 heavy (non-hydrogen) atoms. The molecular formula is C30H40N2O6. The number of amides is 2. The molecule has 0 aliphatic heterocycles. The summed E-state index contributed by atoms with van der Waals surface area (Å²) in [5.41, 5.74) is 1.89. The fourth-order valence-corrected chi connectivity index (χ4v) is 3.73. The number of ether oxygens (including phenoxy) is 2. The normalized spacial score (nSPS) is 15.7. The number of aliphatic carboxylic acids is 1. The van der Waals surface area contributed by atoms with Crippen LogP contribution < -0.4 is 10.6 Å². The summed E-state index contributed by atoms with van der Waals surface area (Å²) < 4.78 is 11.5. The van der Waals surface area contributed by atoms with Gasteiger partial charge >= 0.3 is 5.97 Å². The standard InChI is InChI=1S/C30H40N2O6/c1-22(20-28(34)31-19-11-7-10-14-27(33)32-21-29(35)36)15-16-23(2)30(38-5)24(3)26(37-4)18-17-25-12-8-6-9-13-25/h6,8-20,23-24,26,30H,7,21H2,1-5H3,(H,31,34)(H,32,33)(H,35,36)/b14-10-,16-15+,18-17+,19-11-,22-20+. The Balaban J connectivity index is 2.59. The zero-order valence-corrected chi connectivity index (χ0v) is 22.8. The molecular weight excluding hydrogens is 484 g/mol. The Hall–Kier alpha value is -3.75. The van der Waals surface area contributed by atoms with E-state index in [1.165, 1.54) is 18.4 Å². The van der Waals surface area contributed by atoms with E-state index in [-0.39, 0.29) is 30.0 Å². The second-order valence-electron chi connectivity index (χ2n) is 8.80. The predicted octanol–water partition coefficient (Wildman–Crippen LogP) is 4.28. The van der Waals surface area contributed by atoms with Crippen LogP contribution in [0.3, 0.4) is 0 Å². The Bertz CT molecular complexity index is 1030. The van der Waals surface area contributed by atoms with E-state index in [9.17, 15) is 14.4 Å². The van der Waals surface area contributed by atoms with Gasteiger partial charge < -0.3 is 25.2 Å². The summed E-state index contributed by atoms with van der Waals surface area (Å²) in [7, 11) is 3.39. The number of carboxylic acids is 1. The van der Waals surface area contributed by atoms with E-state index < -0.39 is 18.4 Å². The van der Waals surface area contributed by atoms with Gasteiger partial charge in [0.25, 0.3) is 0 Å². The highest BCUT2D eigenvalue weighted by Crippen LogP contribution is 2.24. The smallest absolute Gasteiger partial charge is 0.322 e. The second-order valence-corrected chi connectivity index (χ2v) is 8.80. The van der Waals surface area contributed by atoms with Gasteiger partial charge in [-0.3, -0.25) is 14.4 Å². The summed E-state index contributed by atoms with van der Waals surface area (Å²) in [6, 6.07) is 10.1. The highest BCUT2D eigenvalue weighted by Gasteiger charge is 2.27. The number of methoxy groups -OCH3 is 2. The van der Waals surface area contributed by atoms with E-state index in [4.69, 9.17) is 14.6 Å². The maximum Gasteiger partial charge on any atom is 0.322 e. The van der Waals surface area contributed by atoms with Gasteiger partial charge in [0.1, 0.15) is 6.54 Å². The quantitative estimate of drug-likeness (QED) is 0.220. The Kier molecular flexibility index (Phi) is 15.7. The van der Waals surface area contributed by atoms with Crippen molar-refractivity contribution < 1.29 is 29.0 Å². The molecule has 0 bridgehead atoms. The van der Waals surface area contributed by atoms with Gasteiger partial charge in [-0.15, -0.1) is 0 Å². The van der Waals surface area contributed by atoms with Crippen molar-refractivity contribution in [3.8, 4) is 0 Å². The summed E-state index contributed by atoms with van der Waals surface area (Å²) in [5, 5.41) is 13.4. The fraction of sp³-hybridized carbons (Fsp3) is 0.367. The molecule has 206 valence electrons. The molecule has 3 N–H and O–H groups in total. The van der Waals surface area contributed by atoms with Crippen LogP contribution in [0.4, 0.5) is 0 Å². The van der Waals surface area contributed by atoms with Crippen molar-refractivity contribution in [2.24, 2.45) is 11.8 Å². The maximum absolute atomic E-state index is 12.1. The van der Waals surface area contributed by atoms with E-state index in [2.05, 4.69) is 30.6 Å². The maximum atomic E-state index is 12.1. The van der Waals surface area contributed by atoms with Crippen molar-refractivity contribution in [2.75, 3.05) is 20.8 Å². The van der Waals surface area contributed by atoms with Gasteiger partial charge in [-0.05, 0) is 30.6 Å². The Labute approximate surface area is 225 Å². The molecule has 1 aromatic carbocycles. The zero-order chi connectivity index (χ0) is 28.3. The number of nitrogens with one attached hydrogen (secondary N) is 2. The van der Waals surface area contributed by atoms with Crippen molar-refractivity contribution in [3.63, 3.8) is 0 Å². The lowest BCUT2D eigenvalue weighted by atomic mass is 9.88. The van der Waals surface area contributed by atoms with Crippen LogP contribution in [0.25, 0.3) is 6.08 Å². The molecule has 0 spiro atoms. The van der Waals surface area contributed by atoms with E-state index in [1.54, 1.807) is 26.4 Å². The topological polar surface area (TPSA) is 114 Å². The monoisotopic (exact) mass is 524 g/mol. The third-order valence-corrected chi connectivity index (χ3v) is 5.70. The van der Waals surface area contributed by atoms with Gasteiger partial charge in [0.2, 0.25) is 11.8 Å². The molecule has 2 amide bonds. The van der Waals surface area contributed by atoms with Gasteiger partial charge in [-0.1, -0.05) is 80.6 Å². The lowest BCUT2D eigenvalue weighted by Crippen LogP contribution is -2.35. The van der Waals surface area contributed by atoms with Gasteiger partial charge in [-0.2, -0.15) is 0 Å². The van der Waals surface area contributed by atoms with Crippen molar-refractivity contribution in [1.82, 2.24) is 10.6 Å². The molecule has 8 heteroatoms. The minimum atomic E-state index is -1.11. The number of allylic oxidation sites excluding steroid dienone is 4. The van der Waals surface area contributed by atoms with E-state index in [1.807, 2.05) is 55.5 Å². The highest BCUT2D eigenvalue weighted by atomic mass is 16.5. The van der Waals surface area contributed by atoms with Crippen molar-refractivity contribution in [2.45, 2.75) is 39.4 Å². The predicted molar refractivity (Wildman–Crippen MR) is 150 cm³/mol. The SMILES string of the molecule is COC(/C=C/c1ccccc1)C(C)C(OC)C(C)/C=C/C(C)=C/C(=O)N/C=C\C/C=C\C(=O)NCC(=O)O. The number of hydrogen-bond donors (Lipinski definition) is 3. The molecule has 0 fully saturated rings. The molecule has 0 saturated heterocycles. The molecule has 4 unspecified atom stereocenters. The molecule has 0 heterocycles. The lowest BCUT2D eigenvalue weighted by molar-refractivity contribution is -0.137. The first-order chi connectivity index (χ1) is 18.2. The molecule has 0 aliphatic carbocycles. The molecule has 0 aromatic heterocycles. The van der Waals surface area contributed by atoms with Gasteiger partial charge in [0.05, 0.1) is 12.2 Å². The van der Waals surface area contributed by atoms with E-state index in [0.29, 0.717) is 6.42 Å². The van der Waals surface area contributed by atoms with Gasteiger partial charge in [0, 0.05) is 38.3 Å². The first kappa shape index (κ1) is 32.3. The molecule has 8 nitrogen and oxygen atoms in total. The van der Waals surface area contributed by atoms with Crippen LogP contribution in [-0.2, 0) is 23.9 Å². The average Bonchev–Trinajstić information content (AvgIpc) is 2.89. The van der Waals surface area contributed by atoms with Crippen LogP contribution in [0.1, 0.15) is 32.8 Å². The molecule has 4 atom stereocenters. The van der Waals surface area contributed by atoms with Crippen molar-refractivity contribution >= 4 is 23.9 Å². The van der Waals surface area contributed by atoms with Crippen molar-refractivity contribution in [3.05, 3.63) is 90.2 Å². The summed E-state index contributed by atoms with van der Waals surface area (Å²) in [6.45, 7) is 5.58. The van der Waals surface area contributed by atoms with Crippen LogP contribution in [0.5, 0.6) is 0 Å². The number of benzene rings is 1. The van der Waals surface area contributed by atoms with Crippen LogP contribution in [0.15, 0.2) is 84.6 Å². The molecule has 1 rings (SSSR count). The Morgan fingerprint density at radius 3 is 2.32 bits per heavy atom. The third kappa shape index (κ3) is 13.5. The van der Waals surface area contributed by atoms with E-state index in [0.717, 1.165) is 11.1 Å². The summed E-state index contributed by atoms with van der Waals surface area (Å²) in [6.07, 6.45) is 15.7. The molecule has 0 radical (unpaired) electrons. The summed E-state index contributed by atoms with van der Waals surface area (Å²) >= 11 is 0. The van der Waals surface area contributed by atoms with Crippen LogP contribution in [-0.4, -0.2) is 55.9 Å². The van der Waals surface area contributed by atoms with Crippen LogP contribution in [0.2, 0.25) is 0 Å². The van der Waals surface area contributed by atoms with Crippen molar-refractivity contribution in [1.29, 1.82) is 0 Å². The summed E-state index contributed by atoms with van der Waals surface area (Å²) in [4.78, 5) is 33.9.